The zero-order valence-electron chi connectivity index (χ0n) is 15.1. The number of nitrogens with zero attached hydrogens (tertiary/aromatic N) is 1. The number of hydrogen-bond acceptors (Lipinski definition) is 4. The molecule has 2 aromatic heterocycles. The van der Waals surface area contributed by atoms with E-state index in [-0.39, 0.29) is 12.2 Å². The molecule has 1 atom stereocenters. The molecule has 1 saturated carbocycles. The average Bonchev–Trinajstić information content (AvgIpc) is 3.31. The highest BCUT2D eigenvalue weighted by atomic mass is 35.5. The van der Waals surface area contributed by atoms with Crippen molar-refractivity contribution in [3.63, 3.8) is 0 Å². The normalized spacial score (nSPS) is 16.0. The van der Waals surface area contributed by atoms with Crippen LogP contribution in [0.2, 0.25) is 5.02 Å². The number of pyridine rings is 1. The molecule has 0 saturated heterocycles. The summed E-state index contributed by atoms with van der Waals surface area (Å²) in [5.74, 6) is 0. The fraction of sp³-hybridized carbons (Fsp3) is 0.250. The second-order valence-electron chi connectivity index (χ2n) is 6.96. The van der Waals surface area contributed by atoms with Gasteiger partial charge in [0.2, 0.25) is 0 Å². The topological polar surface area (TPSA) is 71.3 Å². The molecule has 0 amide bonds. The Morgan fingerprint density at radius 2 is 2.04 bits per heavy atom. The molecule has 146 valence electrons. The third-order valence-corrected chi connectivity index (χ3v) is 6.77. The van der Waals surface area contributed by atoms with Gasteiger partial charge in [-0.15, -0.1) is 11.3 Å². The largest absolute Gasteiger partial charge is 0.394 e. The number of anilines is 1. The predicted octanol–water partition coefficient (Wildman–Crippen LogP) is 4.08. The van der Waals surface area contributed by atoms with E-state index in [1.165, 1.54) is 0 Å². The van der Waals surface area contributed by atoms with Crippen LogP contribution in [0.5, 0.6) is 0 Å². The second-order valence-corrected chi connectivity index (χ2v) is 9.39. The van der Waals surface area contributed by atoms with Crippen molar-refractivity contribution in [2.45, 2.75) is 18.4 Å². The van der Waals surface area contributed by atoms with Crippen LogP contribution in [0.3, 0.4) is 0 Å². The van der Waals surface area contributed by atoms with Crippen LogP contribution in [0, 0.1) is 0 Å². The lowest BCUT2D eigenvalue weighted by molar-refractivity contribution is 0.210. The molecule has 0 aliphatic heterocycles. The van der Waals surface area contributed by atoms with Crippen LogP contribution in [0.1, 0.15) is 12.8 Å². The number of thiophene rings is 1. The molecule has 1 aromatic carbocycles. The van der Waals surface area contributed by atoms with Gasteiger partial charge in [-0.3, -0.25) is 4.79 Å². The van der Waals surface area contributed by atoms with E-state index in [0.717, 1.165) is 34.4 Å². The standard InChI is InChI=1S/C20H19ClN2O3S2/c1-28(26)22-15-3-4-16(17(21)9-15)18-8-14(11-27-18)13-2-5-19(25)23(10-13)20(12-24)6-7-20/h2-5,8-11,22,24H,6-7,12H2,1H3. The first-order valence-corrected chi connectivity index (χ1v) is 11.6. The number of nitrogens with one attached hydrogen (secondary N) is 1. The van der Waals surface area contributed by atoms with Gasteiger partial charge in [-0.1, -0.05) is 11.6 Å². The first-order valence-electron chi connectivity index (χ1n) is 8.75. The van der Waals surface area contributed by atoms with E-state index in [2.05, 4.69) is 4.72 Å². The summed E-state index contributed by atoms with van der Waals surface area (Å²) in [5.41, 5.74) is 3.00. The van der Waals surface area contributed by atoms with Crippen molar-refractivity contribution >= 4 is 39.6 Å². The van der Waals surface area contributed by atoms with E-state index >= 15 is 0 Å². The lowest BCUT2D eigenvalue weighted by Crippen LogP contribution is -2.32. The highest BCUT2D eigenvalue weighted by Gasteiger charge is 2.44. The van der Waals surface area contributed by atoms with Crippen LogP contribution in [-0.4, -0.2) is 26.7 Å². The Morgan fingerprint density at radius 3 is 2.68 bits per heavy atom. The number of benzene rings is 1. The Kier molecular flexibility index (Phi) is 5.18. The molecular weight excluding hydrogens is 416 g/mol. The van der Waals surface area contributed by atoms with Gasteiger partial charge in [0.05, 0.1) is 17.2 Å². The predicted molar refractivity (Wildman–Crippen MR) is 116 cm³/mol. The zero-order valence-corrected chi connectivity index (χ0v) is 17.5. The van der Waals surface area contributed by atoms with Crippen molar-refractivity contribution in [3.8, 4) is 21.6 Å². The molecule has 2 N–H and O–H groups in total. The maximum Gasteiger partial charge on any atom is 0.251 e. The molecule has 3 aromatic rings. The average molecular weight is 435 g/mol. The van der Waals surface area contributed by atoms with Crippen LogP contribution in [-0.2, 0) is 16.5 Å². The number of aliphatic hydroxyl groups excluding tert-OH is 1. The minimum atomic E-state index is -1.16. The lowest BCUT2D eigenvalue weighted by atomic mass is 10.1. The lowest BCUT2D eigenvalue weighted by Gasteiger charge is -2.16. The molecular formula is C20H19ClN2O3S2. The van der Waals surface area contributed by atoms with Gasteiger partial charge in [-0.05, 0) is 59.7 Å². The fourth-order valence-corrected chi connectivity index (χ4v) is 4.98. The Hall–Kier alpha value is -1.93. The summed E-state index contributed by atoms with van der Waals surface area (Å²) in [6.07, 6.45) is 5.04. The molecule has 4 rings (SSSR count). The summed E-state index contributed by atoms with van der Waals surface area (Å²) < 4.78 is 15.8. The van der Waals surface area contributed by atoms with Crippen molar-refractivity contribution in [3.05, 3.63) is 63.4 Å². The maximum atomic E-state index is 12.2. The summed E-state index contributed by atoms with van der Waals surface area (Å²) in [5, 5.41) is 12.3. The summed E-state index contributed by atoms with van der Waals surface area (Å²) in [6.45, 7) is -0.0240. The molecule has 28 heavy (non-hydrogen) atoms. The molecule has 0 bridgehead atoms. The first-order chi connectivity index (χ1) is 13.4. The summed E-state index contributed by atoms with van der Waals surface area (Å²) in [7, 11) is -1.16. The van der Waals surface area contributed by atoms with Gasteiger partial charge in [0.25, 0.3) is 5.56 Å². The molecule has 0 radical (unpaired) electrons. The van der Waals surface area contributed by atoms with Gasteiger partial charge in [-0.2, -0.15) is 0 Å². The highest BCUT2D eigenvalue weighted by molar-refractivity contribution is 7.85. The molecule has 5 nitrogen and oxygen atoms in total. The number of halogens is 1. The van der Waals surface area contributed by atoms with Gasteiger partial charge in [0.1, 0.15) is 11.0 Å². The van der Waals surface area contributed by atoms with E-state index in [0.29, 0.717) is 10.7 Å². The van der Waals surface area contributed by atoms with Crippen molar-refractivity contribution < 1.29 is 9.32 Å². The summed E-state index contributed by atoms with van der Waals surface area (Å²) >= 11 is 8.00. The van der Waals surface area contributed by atoms with E-state index in [4.69, 9.17) is 11.6 Å². The van der Waals surface area contributed by atoms with Crippen LogP contribution >= 0.6 is 22.9 Å². The SMILES string of the molecule is CS(=O)Nc1ccc(-c2cc(-c3ccc(=O)n(C4(CO)CC4)c3)cs2)c(Cl)c1. The Bertz CT molecular complexity index is 1120. The third kappa shape index (κ3) is 3.67. The van der Waals surface area contributed by atoms with Gasteiger partial charge in [-0.25, -0.2) is 4.21 Å². The molecule has 1 aliphatic rings. The molecule has 2 heterocycles. The maximum absolute atomic E-state index is 12.2. The Labute approximate surface area is 174 Å². The summed E-state index contributed by atoms with van der Waals surface area (Å²) in [6, 6.07) is 10.9. The minimum Gasteiger partial charge on any atom is -0.394 e. The molecule has 1 unspecified atom stereocenters. The minimum absolute atomic E-state index is 0.0240. The van der Waals surface area contributed by atoms with Gasteiger partial charge >= 0.3 is 0 Å². The number of aliphatic hydroxyl groups is 1. The van der Waals surface area contributed by atoms with Crippen molar-refractivity contribution in [1.29, 1.82) is 0 Å². The van der Waals surface area contributed by atoms with Crippen molar-refractivity contribution in [1.82, 2.24) is 4.57 Å². The van der Waals surface area contributed by atoms with E-state index < -0.39 is 16.5 Å². The van der Waals surface area contributed by atoms with Crippen LogP contribution in [0.4, 0.5) is 5.69 Å². The van der Waals surface area contributed by atoms with Gasteiger partial charge in [0.15, 0.2) is 0 Å². The Morgan fingerprint density at radius 1 is 1.25 bits per heavy atom. The van der Waals surface area contributed by atoms with Crippen LogP contribution in [0.15, 0.2) is 52.8 Å². The van der Waals surface area contributed by atoms with Crippen LogP contribution < -0.4 is 10.3 Å². The van der Waals surface area contributed by atoms with E-state index in [1.807, 2.05) is 35.8 Å². The molecule has 1 fully saturated rings. The first kappa shape index (κ1) is 19.4. The van der Waals surface area contributed by atoms with Gasteiger partial charge in [0, 0.05) is 34.6 Å². The van der Waals surface area contributed by atoms with E-state index in [1.54, 1.807) is 34.3 Å². The number of aromatic nitrogens is 1. The Balaban J connectivity index is 1.66. The van der Waals surface area contributed by atoms with Crippen molar-refractivity contribution in [2.24, 2.45) is 0 Å². The highest BCUT2D eigenvalue weighted by Crippen LogP contribution is 2.43. The van der Waals surface area contributed by atoms with Gasteiger partial charge < -0.3 is 14.4 Å². The molecule has 8 heteroatoms. The monoisotopic (exact) mass is 434 g/mol. The quantitative estimate of drug-likeness (QED) is 0.614. The third-order valence-electron chi connectivity index (χ3n) is 4.97. The van der Waals surface area contributed by atoms with E-state index in [9.17, 15) is 14.1 Å². The molecule has 1 aliphatic carbocycles. The summed E-state index contributed by atoms with van der Waals surface area (Å²) in [4.78, 5) is 13.2. The van der Waals surface area contributed by atoms with Crippen LogP contribution in [0.25, 0.3) is 21.6 Å². The number of hydrogen-bond donors (Lipinski definition) is 2. The zero-order chi connectivity index (χ0) is 19.9. The fourth-order valence-electron chi connectivity index (χ4n) is 3.22. The second kappa shape index (κ2) is 7.48. The van der Waals surface area contributed by atoms with Crippen molar-refractivity contribution in [2.75, 3.05) is 17.6 Å². The molecule has 0 spiro atoms. The smallest absolute Gasteiger partial charge is 0.251 e. The number of rotatable bonds is 6.